The number of hydrogen-bond donors (Lipinski definition) is 0. The summed E-state index contributed by atoms with van der Waals surface area (Å²) in [5, 5.41) is 0. The van der Waals surface area contributed by atoms with Gasteiger partial charge in [-0.1, -0.05) is 24.3 Å². The van der Waals surface area contributed by atoms with Gasteiger partial charge < -0.3 is 4.74 Å². The van der Waals surface area contributed by atoms with Crippen LogP contribution in [0.15, 0.2) is 24.3 Å². The zero-order chi connectivity index (χ0) is 12.5. The highest BCUT2D eigenvalue weighted by Gasteiger charge is 2.29. The second-order valence-corrected chi connectivity index (χ2v) is 5.88. The summed E-state index contributed by atoms with van der Waals surface area (Å²) in [7, 11) is 0. The number of ether oxygens (including phenoxy) is 1. The number of benzene rings is 1. The van der Waals surface area contributed by atoms with E-state index in [1.165, 1.54) is 19.3 Å². The Morgan fingerprint density at radius 2 is 1.72 bits per heavy atom. The van der Waals surface area contributed by atoms with Gasteiger partial charge in [0.05, 0.1) is 12.2 Å². The van der Waals surface area contributed by atoms with Crippen molar-refractivity contribution in [2.75, 3.05) is 13.1 Å². The molecule has 98 valence electrons. The first kappa shape index (κ1) is 12.2. The lowest BCUT2D eigenvalue weighted by molar-refractivity contribution is -0.0816. The third-order valence-electron chi connectivity index (χ3n) is 4.29. The van der Waals surface area contributed by atoms with Crippen molar-refractivity contribution in [2.24, 2.45) is 0 Å². The number of nitrogens with zero attached hydrogens (tertiary/aromatic N) is 1. The summed E-state index contributed by atoms with van der Waals surface area (Å²) in [4.78, 5) is 2.65. The summed E-state index contributed by atoms with van der Waals surface area (Å²) < 4.78 is 5.83. The fourth-order valence-corrected chi connectivity index (χ4v) is 3.51. The Hall–Kier alpha value is -0.860. The van der Waals surface area contributed by atoms with Gasteiger partial charge in [-0.05, 0) is 44.2 Å². The summed E-state index contributed by atoms with van der Waals surface area (Å²) in [6.45, 7) is 6.58. The molecule has 0 spiro atoms. The van der Waals surface area contributed by atoms with Gasteiger partial charge in [0.2, 0.25) is 0 Å². The normalized spacial score (nSPS) is 33.1. The van der Waals surface area contributed by atoms with Gasteiger partial charge in [0, 0.05) is 19.1 Å². The monoisotopic (exact) mass is 245 g/mol. The van der Waals surface area contributed by atoms with E-state index in [9.17, 15) is 0 Å². The Labute approximate surface area is 110 Å². The van der Waals surface area contributed by atoms with E-state index in [2.05, 4.69) is 43.0 Å². The standard InChI is InChI=1S/C16H23NO/c1-12-10-17(11-13(2)18-12)16-8-7-14-5-3-4-6-15(14)9-16/h3-6,12-13,16H,7-11H2,1-2H3. The van der Waals surface area contributed by atoms with Gasteiger partial charge in [0.25, 0.3) is 0 Å². The van der Waals surface area contributed by atoms with E-state index in [1.54, 1.807) is 11.1 Å². The van der Waals surface area contributed by atoms with Crippen molar-refractivity contribution in [3.8, 4) is 0 Å². The maximum absolute atomic E-state index is 5.83. The van der Waals surface area contributed by atoms with E-state index in [-0.39, 0.29) is 0 Å². The molecule has 1 aliphatic heterocycles. The highest BCUT2D eigenvalue weighted by Crippen LogP contribution is 2.26. The van der Waals surface area contributed by atoms with Crippen LogP contribution in [0.2, 0.25) is 0 Å². The fourth-order valence-electron chi connectivity index (χ4n) is 3.51. The molecule has 1 heterocycles. The SMILES string of the molecule is CC1CN(C2CCc3ccccc3C2)CC(C)O1. The van der Waals surface area contributed by atoms with Crippen LogP contribution < -0.4 is 0 Å². The van der Waals surface area contributed by atoms with E-state index >= 15 is 0 Å². The van der Waals surface area contributed by atoms with Crippen LogP contribution in [0.3, 0.4) is 0 Å². The summed E-state index contributed by atoms with van der Waals surface area (Å²) in [6, 6.07) is 9.64. The molecule has 3 unspecified atom stereocenters. The summed E-state index contributed by atoms with van der Waals surface area (Å²) in [6.07, 6.45) is 4.52. The molecule has 1 aliphatic carbocycles. The van der Waals surface area contributed by atoms with Crippen LogP contribution in [0.4, 0.5) is 0 Å². The zero-order valence-electron chi connectivity index (χ0n) is 11.4. The molecule has 0 aromatic heterocycles. The number of morpholine rings is 1. The van der Waals surface area contributed by atoms with Gasteiger partial charge in [-0.2, -0.15) is 0 Å². The van der Waals surface area contributed by atoms with Crippen molar-refractivity contribution < 1.29 is 4.74 Å². The molecule has 0 bridgehead atoms. The van der Waals surface area contributed by atoms with Crippen LogP contribution in [0.5, 0.6) is 0 Å². The van der Waals surface area contributed by atoms with Crippen LogP contribution in [0.25, 0.3) is 0 Å². The van der Waals surface area contributed by atoms with Crippen LogP contribution >= 0.6 is 0 Å². The number of fused-ring (bicyclic) bond motifs is 1. The topological polar surface area (TPSA) is 12.5 Å². The zero-order valence-corrected chi connectivity index (χ0v) is 11.4. The van der Waals surface area contributed by atoms with Crippen molar-refractivity contribution in [2.45, 2.75) is 51.4 Å². The van der Waals surface area contributed by atoms with Crippen molar-refractivity contribution >= 4 is 0 Å². The molecule has 2 nitrogen and oxygen atoms in total. The number of rotatable bonds is 1. The molecule has 0 radical (unpaired) electrons. The van der Waals surface area contributed by atoms with E-state index in [1.807, 2.05) is 0 Å². The molecule has 0 N–H and O–H groups in total. The molecule has 2 aliphatic rings. The predicted molar refractivity (Wildman–Crippen MR) is 73.8 cm³/mol. The Morgan fingerprint density at radius 1 is 1.06 bits per heavy atom. The van der Waals surface area contributed by atoms with Crippen LogP contribution in [-0.2, 0) is 17.6 Å². The number of aryl methyl sites for hydroxylation is 1. The quantitative estimate of drug-likeness (QED) is 0.754. The number of hydrogen-bond acceptors (Lipinski definition) is 2. The smallest absolute Gasteiger partial charge is 0.0678 e. The average Bonchev–Trinajstić information content (AvgIpc) is 2.37. The maximum Gasteiger partial charge on any atom is 0.0678 e. The molecular weight excluding hydrogens is 222 g/mol. The van der Waals surface area contributed by atoms with Crippen LogP contribution in [0, 0.1) is 0 Å². The molecule has 3 atom stereocenters. The van der Waals surface area contributed by atoms with Crippen molar-refractivity contribution in [1.82, 2.24) is 4.90 Å². The molecule has 0 saturated carbocycles. The third kappa shape index (κ3) is 2.45. The summed E-state index contributed by atoms with van der Waals surface area (Å²) in [5.41, 5.74) is 3.11. The Bertz CT molecular complexity index is 407. The highest BCUT2D eigenvalue weighted by atomic mass is 16.5. The molecule has 3 rings (SSSR count). The predicted octanol–water partition coefficient (Wildman–Crippen LogP) is 2.65. The maximum atomic E-state index is 5.83. The molecule has 1 saturated heterocycles. The van der Waals surface area contributed by atoms with Crippen molar-refractivity contribution in [3.63, 3.8) is 0 Å². The molecule has 1 fully saturated rings. The average molecular weight is 245 g/mol. The first-order chi connectivity index (χ1) is 8.72. The molecule has 1 aromatic rings. The second kappa shape index (κ2) is 5.02. The summed E-state index contributed by atoms with van der Waals surface area (Å²) >= 11 is 0. The van der Waals surface area contributed by atoms with Gasteiger partial charge in [0.15, 0.2) is 0 Å². The Balaban J connectivity index is 1.72. The van der Waals surface area contributed by atoms with Crippen molar-refractivity contribution in [3.05, 3.63) is 35.4 Å². The minimum absolute atomic E-state index is 0.380. The van der Waals surface area contributed by atoms with Crippen LogP contribution in [-0.4, -0.2) is 36.2 Å². The molecular formula is C16H23NO. The lowest BCUT2D eigenvalue weighted by Crippen LogP contribution is -2.51. The van der Waals surface area contributed by atoms with Crippen LogP contribution in [0.1, 0.15) is 31.4 Å². The van der Waals surface area contributed by atoms with Gasteiger partial charge >= 0.3 is 0 Å². The van der Waals surface area contributed by atoms with Gasteiger partial charge in [0.1, 0.15) is 0 Å². The van der Waals surface area contributed by atoms with E-state index < -0.39 is 0 Å². The fraction of sp³-hybridized carbons (Fsp3) is 0.625. The minimum atomic E-state index is 0.380. The van der Waals surface area contributed by atoms with Gasteiger partial charge in [-0.25, -0.2) is 0 Å². The molecule has 1 aromatic carbocycles. The first-order valence-electron chi connectivity index (χ1n) is 7.18. The Kier molecular flexibility index (Phi) is 3.40. The third-order valence-corrected chi connectivity index (χ3v) is 4.29. The summed E-state index contributed by atoms with van der Waals surface area (Å²) in [5.74, 6) is 0. The van der Waals surface area contributed by atoms with E-state index in [0.29, 0.717) is 18.2 Å². The van der Waals surface area contributed by atoms with Crippen molar-refractivity contribution in [1.29, 1.82) is 0 Å². The largest absolute Gasteiger partial charge is 0.373 e. The van der Waals surface area contributed by atoms with Gasteiger partial charge in [-0.15, -0.1) is 0 Å². The van der Waals surface area contributed by atoms with E-state index in [4.69, 9.17) is 4.74 Å². The second-order valence-electron chi connectivity index (χ2n) is 5.88. The lowest BCUT2D eigenvalue weighted by Gasteiger charge is -2.42. The minimum Gasteiger partial charge on any atom is -0.373 e. The highest BCUT2D eigenvalue weighted by molar-refractivity contribution is 5.30. The van der Waals surface area contributed by atoms with Gasteiger partial charge in [-0.3, -0.25) is 4.90 Å². The molecule has 0 amide bonds. The first-order valence-corrected chi connectivity index (χ1v) is 7.18. The van der Waals surface area contributed by atoms with E-state index in [0.717, 1.165) is 13.1 Å². The Morgan fingerprint density at radius 3 is 2.44 bits per heavy atom. The lowest BCUT2D eigenvalue weighted by atomic mass is 9.87. The molecule has 2 heteroatoms. The molecule has 18 heavy (non-hydrogen) atoms.